The Morgan fingerprint density at radius 2 is 1.86 bits per heavy atom. The second-order valence-electron chi connectivity index (χ2n) is 6.29. The Balaban J connectivity index is 1.89. The highest BCUT2D eigenvalue weighted by Crippen LogP contribution is 2.31. The van der Waals surface area contributed by atoms with E-state index in [4.69, 9.17) is 10.5 Å². The molecule has 0 unspecified atom stereocenters. The molecular weight excluding hydrogens is 260 g/mol. The van der Waals surface area contributed by atoms with E-state index in [1.54, 1.807) is 0 Å². The van der Waals surface area contributed by atoms with E-state index >= 15 is 0 Å². The summed E-state index contributed by atoms with van der Waals surface area (Å²) in [6.45, 7) is 5.14. The van der Waals surface area contributed by atoms with Gasteiger partial charge in [-0.1, -0.05) is 26.7 Å². The summed E-state index contributed by atoms with van der Waals surface area (Å²) in [5.74, 6) is 1.82. The summed E-state index contributed by atoms with van der Waals surface area (Å²) in [5, 5.41) is 3.64. The van der Waals surface area contributed by atoms with Crippen LogP contribution in [0.15, 0.2) is 18.2 Å². The maximum Gasteiger partial charge on any atom is 0.123 e. The molecule has 1 aromatic rings. The van der Waals surface area contributed by atoms with Gasteiger partial charge in [0, 0.05) is 29.5 Å². The molecule has 3 N–H and O–H groups in total. The average Bonchev–Trinajstić information content (AvgIpc) is 2.47. The molecule has 1 fully saturated rings. The van der Waals surface area contributed by atoms with Gasteiger partial charge in [-0.25, -0.2) is 0 Å². The molecule has 0 radical (unpaired) electrons. The molecule has 0 saturated heterocycles. The van der Waals surface area contributed by atoms with Crippen LogP contribution in [0.5, 0.6) is 5.75 Å². The quantitative estimate of drug-likeness (QED) is 0.707. The van der Waals surface area contributed by atoms with Gasteiger partial charge in [0.05, 0.1) is 6.61 Å². The van der Waals surface area contributed by atoms with Crippen molar-refractivity contribution in [3.8, 4) is 5.75 Å². The summed E-state index contributed by atoms with van der Waals surface area (Å²) in [5.41, 5.74) is 7.84. The van der Waals surface area contributed by atoms with Crippen LogP contribution < -0.4 is 15.8 Å². The third kappa shape index (κ3) is 5.14. The molecule has 0 aromatic heterocycles. The molecule has 1 aromatic carbocycles. The van der Waals surface area contributed by atoms with Crippen LogP contribution in [-0.4, -0.2) is 12.6 Å². The summed E-state index contributed by atoms with van der Waals surface area (Å²) in [4.78, 5) is 0. The first kappa shape index (κ1) is 16.0. The first-order chi connectivity index (χ1) is 10.2. The summed E-state index contributed by atoms with van der Waals surface area (Å²) in [7, 11) is 0. The standard InChI is InChI=1S/C18H30N2O/c1-3-5-14-6-8-16(9-7-14)20-17-11-15(19)12-18(13-17)21-10-4-2/h11-14,16,20H,3-10,19H2,1-2H3. The maximum absolute atomic E-state index is 5.98. The van der Waals surface area contributed by atoms with Crippen LogP contribution in [0.4, 0.5) is 11.4 Å². The van der Waals surface area contributed by atoms with E-state index in [1.165, 1.54) is 38.5 Å². The molecule has 0 bridgehead atoms. The lowest BCUT2D eigenvalue weighted by Crippen LogP contribution is -2.26. The van der Waals surface area contributed by atoms with Gasteiger partial charge in [0.2, 0.25) is 0 Å². The van der Waals surface area contributed by atoms with E-state index < -0.39 is 0 Å². The lowest BCUT2D eigenvalue weighted by atomic mass is 9.83. The summed E-state index contributed by atoms with van der Waals surface area (Å²) < 4.78 is 5.69. The zero-order valence-corrected chi connectivity index (χ0v) is 13.5. The Labute approximate surface area is 129 Å². The van der Waals surface area contributed by atoms with E-state index in [0.29, 0.717) is 6.04 Å². The first-order valence-electron chi connectivity index (χ1n) is 8.51. The number of rotatable bonds is 7. The largest absolute Gasteiger partial charge is 0.493 e. The SMILES string of the molecule is CCCOc1cc(N)cc(NC2CCC(CCC)CC2)c1. The van der Waals surface area contributed by atoms with Crippen molar-refractivity contribution in [1.29, 1.82) is 0 Å². The highest BCUT2D eigenvalue weighted by molar-refractivity contribution is 5.59. The Bertz CT molecular complexity index is 425. The van der Waals surface area contributed by atoms with Gasteiger partial charge in [0.25, 0.3) is 0 Å². The minimum atomic E-state index is 0.582. The van der Waals surface area contributed by atoms with Crippen molar-refractivity contribution in [3.05, 3.63) is 18.2 Å². The number of nitrogen functional groups attached to an aromatic ring is 1. The van der Waals surface area contributed by atoms with Crippen LogP contribution in [0.1, 0.15) is 58.8 Å². The Morgan fingerprint density at radius 1 is 1.10 bits per heavy atom. The molecule has 1 saturated carbocycles. The average molecular weight is 290 g/mol. The lowest BCUT2D eigenvalue weighted by Gasteiger charge is -2.29. The van der Waals surface area contributed by atoms with Crippen LogP contribution >= 0.6 is 0 Å². The van der Waals surface area contributed by atoms with E-state index in [9.17, 15) is 0 Å². The fourth-order valence-corrected chi connectivity index (χ4v) is 3.25. The highest BCUT2D eigenvalue weighted by atomic mass is 16.5. The zero-order chi connectivity index (χ0) is 15.1. The topological polar surface area (TPSA) is 47.3 Å². The molecule has 3 nitrogen and oxygen atoms in total. The number of nitrogens with one attached hydrogen (secondary N) is 1. The van der Waals surface area contributed by atoms with Gasteiger partial charge in [-0.2, -0.15) is 0 Å². The number of nitrogens with two attached hydrogens (primary N) is 1. The van der Waals surface area contributed by atoms with Crippen LogP contribution in [0, 0.1) is 5.92 Å². The third-order valence-corrected chi connectivity index (χ3v) is 4.32. The molecule has 0 aliphatic heterocycles. The predicted molar refractivity (Wildman–Crippen MR) is 90.9 cm³/mol. The van der Waals surface area contributed by atoms with E-state index in [-0.39, 0.29) is 0 Å². The fraction of sp³-hybridized carbons (Fsp3) is 0.667. The van der Waals surface area contributed by atoms with Crippen molar-refractivity contribution >= 4 is 11.4 Å². The van der Waals surface area contributed by atoms with Crippen molar-refractivity contribution < 1.29 is 4.74 Å². The molecule has 21 heavy (non-hydrogen) atoms. The van der Waals surface area contributed by atoms with Crippen LogP contribution in [0.2, 0.25) is 0 Å². The van der Waals surface area contributed by atoms with Gasteiger partial charge in [-0.15, -0.1) is 0 Å². The minimum absolute atomic E-state index is 0.582. The van der Waals surface area contributed by atoms with Gasteiger partial charge in [0.15, 0.2) is 0 Å². The molecular formula is C18H30N2O. The summed E-state index contributed by atoms with van der Waals surface area (Å²) in [6, 6.07) is 6.57. The number of benzene rings is 1. The predicted octanol–water partition coefficient (Wildman–Crippen LogP) is 4.83. The number of hydrogen-bond acceptors (Lipinski definition) is 3. The van der Waals surface area contributed by atoms with Crippen LogP contribution in [0.3, 0.4) is 0 Å². The van der Waals surface area contributed by atoms with Gasteiger partial charge in [-0.05, 0) is 44.1 Å². The zero-order valence-electron chi connectivity index (χ0n) is 13.5. The molecule has 1 aliphatic rings. The van der Waals surface area contributed by atoms with Crippen molar-refractivity contribution in [3.63, 3.8) is 0 Å². The van der Waals surface area contributed by atoms with Crippen molar-refractivity contribution in [2.24, 2.45) is 5.92 Å². The smallest absolute Gasteiger partial charge is 0.123 e. The van der Waals surface area contributed by atoms with Gasteiger partial charge in [0.1, 0.15) is 5.75 Å². The fourth-order valence-electron chi connectivity index (χ4n) is 3.25. The van der Waals surface area contributed by atoms with E-state index in [2.05, 4.69) is 25.2 Å². The molecule has 118 valence electrons. The molecule has 1 aliphatic carbocycles. The molecule has 2 rings (SSSR count). The number of anilines is 2. The lowest BCUT2D eigenvalue weighted by molar-refractivity contribution is 0.316. The maximum atomic E-state index is 5.98. The Hall–Kier alpha value is -1.38. The molecule has 3 heteroatoms. The summed E-state index contributed by atoms with van der Waals surface area (Å²) >= 11 is 0. The van der Waals surface area contributed by atoms with Crippen molar-refractivity contribution in [2.75, 3.05) is 17.7 Å². The van der Waals surface area contributed by atoms with Gasteiger partial charge >= 0.3 is 0 Å². The Kier molecular flexibility index (Phi) is 6.21. The summed E-state index contributed by atoms with van der Waals surface area (Å²) in [6.07, 6.45) is 8.96. The van der Waals surface area contributed by atoms with Crippen LogP contribution in [0.25, 0.3) is 0 Å². The Morgan fingerprint density at radius 3 is 2.52 bits per heavy atom. The third-order valence-electron chi connectivity index (χ3n) is 4.32. The monoisotopic (exact) mass is 290 g/mol. The van der Waals surface area contributed by atoms with Gasteiger partial charge < -0.3 is 15.8 Å². The van der Waals surface area contributed by atoms with Crippen molar-refractivity contribution in [2.45, 2.75) is 64.8 Å². The highest BCUT2D eigenvalue weighted by Gasteiger charge is 2.20. The molecule has 0 amide bonds. The van der Waals surface area contributed by atoms with E-state index in [1.807, 2.05) is 12.1 Å². The minimum Gasteiger partial charge on any atom is -0.493 e. The molecule has 0 heterocycles. The second-order valence-corrected chi connectivity index (χ2v) is 6.29. The number of ether oxygens (including phenoxy) is 1. The van der Waals surface area contributed by atoms with E-state index in [0.717, 1.165) is 36.1 Å². The molecule has 0 atom stereocenters. The van der Waals surface area contributed by atoms with Crippen molar-refractivity contribution in [1.82, 2.24) is 0 Å². The first-order valence-corrected chi connectivity index (χ1v) is 8.51. The van der Waals surface area contributed by atoms with Gasteiger partial charge in [-0.3, -0.25) is 0 Å². The molecule has 0 spiro atoms. The number of hydrogen-bond donors (Lipinski definition) is 2. The normalized spacial score (nSPS) is 22.0. The van der Waals surface area contributed by atoms with Crippen LogP contribution in [-0.2, 0) is 0 Å². The second kappa shape index (κ2) is 8.16.